The highest BCUT2D eigenvalue weighted by Crippen LogP contribution is 2.31. The van der Waals surface area contributed by atoms with Crippen LogP contribution in [0.25, 0.3) is 0 Å². The number of ketones is 1. The van der Waals surface area contributed by atoms with Crippen LogP contribution in [0.5, 0.6) is 11.5 Å². The summed E-state index contributed by atoms with van der Waals surface area (Å²) in [6.07, 6.45) is 1.79. The largest absolute Gasteiger partial charge is 0.486 e. The average Bonchev–Trinajstić information content (AvgIpc) is 3.15. The maximum absolute atomic E-state index is 12.5. The molecule has 0 radical (unpaired) electrons. The quantitative estimate of drug-likeness (QED) is 0.849. The molecule has 2 atom stereocenters. The summed E-state index contributed by atoms with van der Waals surface area (Å²) in [7, 11) is 0. The van der Waals surface area contributed by atoms with E-state index in [1.807, 2.05) is 18.2 Å². The highest BCUT2D eigenvalue weighted by molar-refractivity contribution is 5.96. The van der Waals surface area contributed by atoms with Crippen molar-refractivity contribution in [2.24, 2.45) is 0 Å². The van der Waals surface area contributed by atoms with Gasteiger partial charge in [-0.05, 0) is 23.8 Å². The molecule has 2 heterocycles. The molecule has 2 aromatic rings. The lowest BCUT2D eigenvalue weighted by Gasteiger charge is -2.18. The van der Waals surface area contributed by atoms with E-state index in [0.29, 0.717) is 31.3 Å². The number of carbonyl (C=O) groups excluding carboxylic acids is 1. The van der Waals surface area contributed by atoms with Gasteiger partial charge in [0.15, 0.2) is 17.3 Å². The minimum Gasteiger partial charge on any atom is -0.486 e. The van der Waals surface area contributed by atoms with Gasteiger partial charge in [-0.3, -0.25) is 4.79 Å². The minimum absolute atomic E-state index is 0.188. The van der Waals surface area contributed by atoms with Crippen LogP contribution in [0, 0.1) is 0 Å². The number of carbonyl (C=O) groups is 1. The van der Waals surface area contributed by atoms with Crippen molar-refractivity contribution in [1.29, 1.82) is 0 Å². The Hall–Kier alpha value is -2.33. The molecular weight excluding hydrogens is 314 g/mol. The highest BCUT2D eigenvalue weighted by atomic mass is 16.6. The molecule has 0 amide bonds. The van der Waals surface area contributed by atoms with Crippen LogP contribution in [0.3, 0.4) is 0 Å². The third-order valence-electron chi connectivity index (χ3n) is 5.22. The summed E-state index contributed by atoms with van der Waals surface area (Å²) < 4.78 is 11.1. The first-order valence-corrected chi connectivity index (χ1v) is 9.11. The molecule has 2 unspecified atom stereocenters. The van der Waals surface area contributed by atoms with E-state index in [1.165, 1.54) is 16.9 Å². The molecule has 25 heavy (non-hydrogen) atoms. The van der Waals surface area contributed by atoms with Gasteiger partial charge in [-0.25, -0.2) is 0 Å². The van der Waals surface area contributed by atoms with E-state index in [1.54, 1.807) is 0 Å². The summed E-state index contributed by atoms with van der Waals surface area (Å²) >= 11 is 0. The Bertz CT molecular complexity index is 744. The number of likely N-dealkylation sites (tertiary alicyclic amines) is 1. The smallest absolute Gasteiger partial charge is 0.168 e. The summed E-state index contributed by atoms with van der Waals surface area (Å²) in [6.45, 7) is 4.29. The Morgan fingerprint density at radius 1 is 1.04 bits per heavy atom. The van der Waals surface area contributed by atoms with E-state index >= 15 is 0 Å². The molecule has 0 aromatic heterocycles. The van der Waals surface area contributed by atoms with Gasteiger partial charge in [0, 0.05) is 17.9 Å². The second-order valence-corrected chi connectivity index (χ2v) is 6.88. The van der Waals surface area contributed by atoms with Gasteiger partial charge in [0.05, 0.1) is 26.1 Å². The van der Waals surface area contributed by atoms with Crippen molar-refractivity contribution in [2.75, 3.05) is 32.8 Å². The molecule has 0 saturated carbocycles. The van der Waals surface area contributed by atoms with E-state index < -0.39 is 0 Å². The van der Waals surface area contributed by atoms with E-state index in [-0.39, 0.29) is 5.78 Å². The topological polar surface area (TPSA) is 40.0 Å². The van der Waals surface area contributed by atoms with Crippen molar-refractivity contribution in [3.05, 3.63) is 59.7 Å². The molecule has 2 aliphatic heterocycles. The predicted molar refractivity (Wildman–Crippen MR) is 95.7 cm³/mol. The van der Waals surface area contributed by atoms with Crippen molar-refractivity contribution in [1.82, 2.24) is 0 Å². The number of Topliss-reactive ketones (excluding diaryl/α,β-unsaturated/α-hetero) is 1. The van der Waals surface area contributed by atoms with Crippen molar-refractivity contribution < 1.29 is 19.2 Å². The Kier molecular flexibility index (Phi) is 4.70. The van der Waals surface area contributed by atoms with Gasteiger partial charge < -0.3 is 14.4 Å². The summed E-state index contributed by atoms with van der Waals surface area (Å²) in [5, 5.41) is 0. The molecule has 0 spiro atoms. The van der Waals surface area contributed by atoms with Crippen LogP contribution >= 0.6 is 0 Å². The second-order valence-electron chi connectivity index (χ2n) is 6.88. The molecule has 0 aliphatic carbocycles. The van der Waals surface area contributed by atoms with Gasteiger partial charge in [0.1, 0.15) is 13.2 Å². The summed E-state index contributed by atoms with van der Waals surface area (Å²) in [4.78, 5) is 14.1. The van der Waals surface area contributed by atoms with E-state index in [2.05, 4.69) is 30.3 Å². The first kappa shape index (κ1) is 16.2. The number of benzene rings is 2. The van der Waals surface area contributed by atoms with Crippen LogP contribution in [-0.2, 0) is 0 Å². The molecule has 130 valence electrons. The van der Waals surface area contributed by atoms with Crippen LogP contribution in [0.2, 0.25) is 0 Å². The third kappa shape index (κ3) is 3.69. The lowest BCUT2D eigenvalue weighted by Crippen LogP contribution is -3.10. The number of quaternary nitrogens is 1. The van der Waals surface area contributed by atoms with E-state index in [4.69, 9.17) is 9.47 Å². The molecule has 0 bridgehead atoms. The summed E-state index contributed by atoms with van der Waals surface area (Å²) in [5.41, 5.74) is 2.15. The second kappa shape index (κ2) is 7.28. The average molecular weight is 338 g/mol. The van der Waals surface area contributed by atoms with Gasteiger partial charge in [-0.15, -0.1) is 0 Å². The lowest BCUT2D eigenvalue weighted by molar-refractivity contribution is -0.887. The maximum Gasteiger partial charge on any atom is 0.168 e. The molecular formula is C21H24NO3+. The van der Waals surface area contributed by atoms with Crippen molar-refractivity contribution in [3.63, 3.8) is 0 Å². The SMILES string of the molecule is O=C(CC[NH+]1CCC(c2ccccc2)C1)c1ccc2c(c1)OCCO2. The van der Waals surface area contributed by atoms with Gasteiger partial charge in [0.25, 0.3) is 0 Å². The number of ether oxygens (including phenoxy) is 2. The number of fused-ring (bicyclic) bond motifs is 1. The zero-order valence-corrected chi connectivity index (χ0v) is 14.4. The lowest BCUT2D eigenvalue weighted by atomic mass is 9.99. The number of hydrogen-bond donors (Lipinski definition) is 1. The van der Waals surface area contributed by atoms with Gasteiger partial charge >= 0.3 is 0 Å². The molecule has 1 N–H and O–H groups in total. The first-order valence-electron chi connectivity index (χ1n) is 9.11. The molecule has 4 nitrogen and oxygen atoms in total. The number of rotatable bonds is 5. The third-order valence-corrected chi connectivity index (χ3v) is 5.22. The standard InChI is InChI=1S/C21H23NO3/c23-19(17-6-7-20-21(14-17)25-13-12-24-20)9-11-22-10-8-18(15-22)16-4-2-1-3-5-16/h1-7,14,18H,8-13,15H2/p+1. The maximum atomic E-state index is 12.5. The summed E-state index contributed by atoms with van der Waals surface area (Å²) in [6, 6.07) is 16.2. The Labute approximate surface area is 148 Å². The highest BCUT2D eigenvalue weighted by Gasteiger charge is 2.27. The van der Waals surface area contributed by atoms with Crippen LogP contribution in [0.1, 0.15) is 34.7 Å². The van der Waals surface area contributed by atoms with Crippen LogP contribution < -0.4 is 14.4 Å². The molecule has 2 aliphatic rings. The Morgan fingerprint density at radius 3 is 2.68 bits per heavy atom. The molecule has 4 heteroatoms. The Morgan fingerprint density at radius 2 is 1.84 bits per heavy atom. The summed E-state index contributed by atoms with van der Waals surface area (Å²) in [5.74, 6) is 2.24. The fraction of sp³-hybridized carbons (Fsp3) is 0.381. The van der Waals surface area contributed by atoms with E-state index in [9.17, 15) is 4.79 Å². The Balaban J connectivity index is 1.32. The minimum atomic E-state index is 0.188. The monoisotopic (exact) mass is 338 g/mol. The normalized spacial score (nSPS) is 21.9. The zero-order valence-electron chi connectivity index (χ0n) is 14.4. The van der Waals surface area contributed by atoms with Crippen molar-refractivity contribution >= 4 is 5.78 Å². The van der Waals surface area contributed by atoms with Gasteiger partial charge in [0.2, 0.25) is 0 Å². The number of hydrogen-bond acceptors (Lipinski definition) is 3. The first-order chi connectivity index (χ1) is 12.3. The fourth-order valence-electron chi connectivity index (χ4n) is 3.82. The number of nitrogens with one attached hydrogen (secondary N) is 1. The van der Waals surface area contributed by atoms with Crippen LogP contribution in [-0.4, -0.2) is 38.6 Å². The molecule has 1 saturated heterocycles. The predicted octanol–water partition coefficient (Wildman–Crippen LogP) is 2.10. The van der Waals surface area contributed by atoms with Crippen molar-refractivity contribution in [2.45, 2.75) is 18.8 Å². The van der Waals surface area contributed by atoms with E-state index in [0.717, 1.165) is 30.9 Å². The molecule has 1 fully saturated rings. The molecule has 4 rings (SSSR count). The van der Waals surface area contributed by atoms with Crippen molar-refractivity contribution in [3.8, 4) is 11.5 Å². The zero-order chi connectivity index (χ0) is 17.1. The van der Waals surface area contributed by atoms with Gasteiger partial charge in [-0.1, -0.05) is 30.3 Å². The van der Waals surface area contributed by atoms with Crippen LogP contribution in [0.15, 0.2) is 48.5 Å². The van der Waals surface area contributed by atoms with Crippen LogP contribution in [0.4, 0.5) is 0 Å². The van der Waals surface area contributed by atoms with Gasteiger partial charge in [-0.2, -0.15) is 0 Å². The fourth-order valence-corrected chi connectivity index (χ4v) is 3.82. The molecule has 2 aromatic carbocycles.